The lowest BCUT2D eigenvalue weighted by Gasteiger charge is -2.35. The first-order chi connectivity index (χ1) is 7.08. The fourth-order valence-electron chi connectivity index (χ4n) is 1.69. The number of rotatable bonds is 1. The van der Waals surface area contributed by atoms with Crippen LogP contribution in [0, 0.1) is 11.8 Å². The van der Waals surface area contributed by atoms with Crippen molar-refractivity contribution >= 4 is 18.4 Å². The minimum atomic E-state index is -0.591. The highest BCUT2D eigenvalue weighted by Crippen LogP contribution is 2.25. The lowest BCUT2D eigenvalue weighted by Crippen LogP contribution is -2.44. The lowest BCUT2D eigenvalue weighted by atomic mass is 9.92. The highest BCUT2D eigenvalue weighted by molar-refractivity contribution is 5.85. The molecule has 1 heterocycles. The summed E-state index contributed by atoms with van der Waals surface area (Å²) in [5.41, 5.74) is -0.591. The summed E-state index contributed by atoms with van der Waals surface area (Å²) in [5.74, 6) is 5.53. The first kappa shape index (κ1) is 15.0. The minimum Gasteiger partial charge on any atom is -0.446 e. The van der Waals surface area contributed by atoms with Crippen molar-refractivity contribution < 1.29 is 9.53 Å². The molecule has 0 amide bonds. The first-order valence-electron chi connectivity index (χ1n) is 5.10. The third-order valence-electron chi connectivity index (χ3n) is 2.54. The number of halogens is 1. The largest absolute Gasteiger partial charge is 0.446 e. The number of nitrogens with zero attached hydrogens (tertiary/aromatic N) is 1. The standard InChI is InChI=1S/C12H17NO2.ClH/c1-4-5-6-12(15-11(2)14)7-9-13(3)10-8-12;/h4H,1,7-10H2,2-3H3;1H. The number of ether oxygens (including phenoxy) is 1. The van der Waals surface area contributed by atoms with Crippen molar-refractivity contribution in [2.45, 2.75) is 25.4 Å². The molecule has 0 atom stereocenters. The van der Waals surface area contributed by atoms with Gasteiger partial charge < -0.3 is 9.64 Å². The topological polar surface area (TPSA) is 29.5 Å². The molecule has 0 aromatic heterocycles. The second kappa shape index (κ2) is 6.57. The van der Waals surface area contributed by atoms with Gasteiger partial charge in [0.25, 0.3) is 0 Å². The van der Waals surface area contributed by atoms with Gasteiger partial charge in [0, 0.05) is 32.9 Å². The van der Waals surface area contributed by atoms with Gasteiger partial charge in [0.05, 0.1) is 0 Å². The second-order valence-corrected chi connectivity index (χ2v) is 3.86. The lowest BCUT2D eigenvalue weighted by molar-refractivity contribution is -0.154. The summed E-state index contributed by atoms with van der Waals surface area (Å²) in [5, 5.41) is 0. The number of hydrogen-bond donors (Lipinski definition) is 0. The van der Waals surface area contributed by atoms with E-state index in [9.17, 15) is 4.79 Å². The van der Waals surface area contributed by atoms with Gasteiger partial charge in [-0.15, -0.1) is 12.4 Å². The Balaban J connectivity index is 0.00000225. The van der Waals surface area contributed by atoms with Gasteiger partial charge in [-0.3, -0.25) is 4.79 Å². The van der Waals surface area contributed by atoms with E-state index >= 15 is 0 Å². The first-order valence-corrected chi connectivity index (χ1v) is 5.10. The number of piperidine rings is 1. The van der Waals surface area contributed by atoms with Gasteiger partial charge in [0.2, 0.25) is 0 Å². The molecule has 0 radical (unpaired) electrons. The van der Waals surface area contributed by atoms with Crippen LogP contribution in [0.2, 0.25) is 0 Å². The average Bonchev–Trinajstić information content (AvgIpc) is 2.19. The van der Waals surface area contributed by atoms with Crippen molar-refractivity contribution in [3.8, 4) is 11.8 Å². The number of hydrogen-bond acceptors (Lipinski definition) is 3. The fraction of sp³-hybridized carbons (Fsp3) is 0.583. The number of allylic oxidation sites excluding steroid dienone is 1. The van der Waals surface area contributed by atoms with Crippen LogP contribution in [0.5, 0.6) is 0 Å². The van der Waals surface area contributed by atoms with Crippen LogP contribution < -0.4 is 0 Å². The Bertz CT molecular complexity index is 309. The van der Waals surface area contributed by atoms with Gasteiger partial charge in [-0.2, -0.15) is 0 Å². The monoisotopic (exact) mass is 243 g/mol. The van der Waals surface area contributed by atoms with Crippen LogP contribution in [0.15, 0.2) is 12.7 Å². The normalized spacial score (nSPS) is 18.6. The molecule has 0 unspecified atom stereocenters. The Kier molecular flexibility index (Phi) is 6.17. The van der Waals surface area contributed by atoms with Crippen LogP contribution in [0.1, 0.15) is 19.8 Å². The molecule has 1 aliphatic heterocycles. The predicted octanol–water partition coefficient (Wildman–Crippen LogP) is 1.63. The Morgan fingerprint density at radius 3 is 2.50 bits per heavy atom. The maximum Gasteiger partial charge on any atom is 0.304 e. The van der Waals surface area contributed by atoms with Crippen molar-refractivity contribution in [1.29, 1.82) is 0 Å². The molecule has 0 spiro atoms. The highest BCUT2D eigenvalue weighted by atomic mass is 35.5. The van der Waals surface area contributed by atoms with E-state index in [1.54, 1.807) is 0 Å². The number of carbonyl (C=O) groups is 1. The smallest absolute Gasteiger partial charge is 0.304 e. The van der Waals surface area contributed by atoms with Gasteiger partial charge in [0.15, 0.2) is 5.60 Å². The van der Waals surface area contributed by atoms with E-state index in [0.717, 1.165) is 25.9 Å². The van der Waals surface area contributed by atoms with E-state index in [0.29, 0.717) is 0 Å². The number of esters is 1. The van der Waals surface area contributed by atoms with Gasteiger partial charge in [-0.05, 0) is 13.1 Å². The number of carbonyl (C=O) groups excluding carboxylic acids is 1. The maximum atomic E-state index is 11.0. The zero-order chi connectivity index (χ0) is 11.3. The Hall–Kier alpha value is -0.980. The third-order valence-corrected chi connectivity index (χ3v) is 2.54. The van der Waals surface area contributed by atoms with Crippen molar-refractivity contribution in [1.82, 2.24) is 4.90 Å². The van der Waals surface area contributed by atoms with Crippen molar-refractivity contribution in [2.75, 3.05) is 20.1 Å². The van der Waals surface area contributed by atoms with E-state index in [1.165, 1.54) is 13.0 Å². The number of likely N-dealkylation sites (tertiary alicyclic amines) is 1. The summed E-state index contributed by atoms with van der Waals surface area (Å²) in [6.45, 7) is 6.78. The zero-order valence-corrected chi connectivity index (χ0v) is 10.6. The third kappa shape index (κ3) is 4.26. The molecule has 1 aliphatic rings. The average molecular weight is 244 g/mol. The molecule has 3 nitrogen and oxygen atoms in total. The maximum absolute atomic E-state index is 11.0. The van der Waals surface area contributed by atoms with Gasteiger partial charge in [-0.1, -0.05) is 18.4 Å². The van der Waals surface area contributed by atoms with E-state index in [-0.39, 0.29) is 18.4 Å². The predicted molar refractivity (Wildman–Crippen MR) is 66.4 cm³/mol. The van der Waals surface area contributed by atoms with E-state index in [1.807, 2.05) is 0 Å². The summed E-state index contributed by atoms with van der Waals surface area (Å²) >= 11 is 0. The minimum absolute atomic E-state index is 0. The van der Waals surface area contributed by atoms with Gasteiger partial charge >= 0.3 is 5.97 Å². The molecular formula is C12H18ClNO2. The molecular weight excluding hydrogens is 226 g/mol. The molecule has 1 rings (SSSR count). The van der Waals surface area contributed by atoms with E-state index < -0.39 is 5.60 Å². The van der Waals surface area contributed by atoms with Crippen LogP contribution in [-0.2, 0) is 9.53 Å². The van der Waals surface area contributed by atoms with Crippen LogP contribution in [0.4, 0.5) is 0 Å². The summed E-state index contributed by atoms with van der Waals surface area (Å²) in [6, 6.07) is 0. The molecule has 0 N–H and O–H groups in total. The van der Waals surface area contributed by atoms with Gasteiger partial charge in [0.1, 0.15) is 0 Å². The van der Waals surface area contributed by atoms with Gasteiger partial charge in [-0.25, -0.2) is 0 Å². The molecule has 0 aromatic carbocycles. The summed E-state index contributed by atoms with van der Waals surface area (Å²) < 4.78 is 5.34. The molecule has 1 saturated heterocycles. The van der Waals surface area contributed by atoms with E-state index in [2.05, 4.69) is 30.4 Å². The van der Waals surface area contributed by atoms with Crippen molar-refractivity contribution in [3.05, 3.63) is 12.7 Å². The van der Waals surface area contributed by atoms with Crippen LogP contribution in [0.3, 0.4) is 0 Å². The molecule has 0 saturated carbocycles. The highest BCUT2D eigenvalue weighted by Gasteiger charge is 2.34. The second-order valence-electron chi connectivity index (χ2n) is 3.86. The molecule has 1 fully saturated rings. The SMILES string of the molecule is C=CC#CC1(OC(C)=O)CCN(C)CC1.Cl. The molecule has 0 aromatic rings. The summed E-state index contributed by atoms with van der Waals surface area (Å²) in [6.07, 6.45) is 3.07. The van der Waals surface area contributed by atoms with Crippen molar-refractivity contribution in [3.63, 3.8) is 0 Å². The Labute approximate surface area is 103 Å². The molecule has 16 heavy (non-hydrogen) atoms. The van der Waals surface area contributed by atoms with Crippen LogP contribution >= 0.6 is 12.4 Å². The fourth-order valence-corrected chi connectivity index (χ4v) is 1.69. The summed E-state index contributed by atoms with van der Waals surface area (Å²) in [7, 11) is 2.05. The molecule has 4 heteroatoms. The van der Waals surface area contributed by atoms with E-state index in [4.69, 9.17) is 4.74 Å². The molecule has 90 valence electrons. The Morgan fingerprint density at radius 2 is 2.06 bits per heavy atom. The molecule has 0 aliphatic carbocycles. The Morgan fingerprint density at radius 1 is 1.50 bits per heavy atom. The summed E-state index contributed by atoms with van der Waals surface area (Å²) in [4.78, 5) is 13.2. The van der Waals surface area contributed by atoms with Crippen LogP contribution in [-0.4, -0.2) is 36.6 Å². The molecule has 0 bridgehead atoms. The van der Waals surface area contributed by atoms with Crippen LogP contribution in [0.25, 0.3) is 0 Å². The quantitative estimate of drug-likeness (QED) is 0.518. The zero-order valence-electron chi connectivity index (χ0n) is 9.78. The van der Waals surface area contributed by atoms with Crippen molar-refractivity contribution in [2.24, 2.45) is 0 Å².